The van der Waals surface area contributed by atoms with E-state index in [1.165, 1.54) is 17.0 Å². The molecule has 0 saturated carbocycles. The van der Waals surface area contributed by atoms with E-state index in [2.05, 4.69) is 15.4 Å². The topological polar surface area (TPSA) is 86.1 Å². The van der Waals surface area contributed by atoms with Gasteiger partial charge in [-0.1, -0.05) is 47.5 Å². The number of anilines is 1. The molecule has 0 saturated heterocycles. The van der Waals surface area contributed by atoms with Crippen LogP contribution in [0, 0.1) is 0 Å². The van der Waals surface area contributed by atoms with Crippen LogP contribution in [0.2, 0.25) is 10.0 Å². The number of amides is 1. The van der Waals surface area contributed by atoms with Crippen LogP contribution < -0.4 is 5.32 Å². The molecule has 33 heavy (non-hydrogen) atoms. The summed E-state index contributed by atoms with van der Waals surface area (Å²) in [6, 6.07) is 16.2. The van der Waals surface area contributed by atoms with Crippen LogP contribution in [0.15, 0.2) is 66.9 Å². The van der Waals surface area contributed by atoms with E-state index in [1.54, 1.807) is 37.3 Å². The lowest BCUT2D eigenvalue weighted by molar-refractivity contribution is -0.111. The molecule has 1 amide bonds. The highest BCUT2D eigenvalue weighted by atomic mass is 35.5. The third kappa shape index (κ3) is 5.05. The Balaban J connectivity index is 1.68. The fourth-order valence-corrected chi connectivity index (χ4v) is 3.61. The lowest BCUT2D eigenvalue weighted by atomic mass is 10.2. The van der Waals surface area contributed by atoms with Gasteiger partial charge in [-0.05, 0) is 48.9 Å². The van der Waals surface area contributed by atoms with Gasteiger partial charge in [-0.3, -0.25) is 4.79 Å². The molecule has 1 N–H and O–H groups in total. The zero-order valence-electron chi connectivity index (χ0n) is 17.5. The molecule has 0 radical (unpaired) electrons. The number of carbonyl (C=O) groups excluding carboxylic acids is 2. The smallest absolute Gasteiger partial charge is 0.343 e. The highest BCUT2D eigenvalue weighted by Crippen LogP contribution is 2.24. The first-order valence-corrected chi connectivity index (χ1v) is 10.8. The van der Waals surface area contributed by atoms with Gasteiger partial charge in [0.25, 0.3) is 0 Å². The molecular formula is C24H18Cl2N4O3. The van der Waals surface area contributed by atoms with Gasteiger partial charge in [-0.15, -0.1) is 0 Å². The number of ether oxygens (including phenoxy) is 1. The van der Waals surface area contributed by atoms with E-state index in [-0.39, 0.29) is 18.0 Å². The van der Waals surface area contributed by atoms with Crippen LogP contribution in [-0.2, 0) is 9.53 Å². The Kier molecular flexibility index (Phi) is 6.72. The van der Waals surface area contributed by atoms with E-state index >= 15 is 0 Å². The van der Waals surface area contributed by atoms with Gasteiger partial charge in [-0.25, -0.2) is 9.78 Å². The number of nitrogens with zero attached hydrogens (tertiary/aromatic N) is 3. The number of carbonyl (C=O) groups is 2. The van der Waals surface area contributed by atoms with Crippen LogP contribution in [0.4, 0.5) is 5.82 Å². The van der Waals surface area contributed by atoms with Crippen molar-refractivity contribution in [2.75, 3.05) is 11.9 Å². The Hall–Kier alpha value is -3.68. The maximum Gasteiger partial charge on any atom is 0.343 e. The van der Waals surface area contributed by atoms with Gasteiger partial charge in [0.15, 0.2) is 11.6 Å². The quantitative estimate of drug-likeness (QED) is 0.288. The van der Waals surface area contributed by atoms with Gasteiger partial charge in [0, 0.05) is 21.5 Å². The van der Waals surface area contributed by atoms with Gasteiger partial charge in [0.1, 0.15) is 5.56 Å². The van der Waals surface area contributed by atoms with Crippen LogP contribution in [0.5, 0.6) is 0 Å². The summed E-state index contributed by atoms with van der Waals surface area (Å²) in [7, 11) is 0. The molecule has 0 aliphatic rings. The summed E-state index contributed by atoms with van der Waals surface area (Å²) in [6.07, 6.45) is 4.19. The molecular weight excluding hydrogens is 463 g/mol. The summed E-state index contributed by atoms with van der Waals surface area (Å²) < 4.78 is 6.50. The number of fused-ring (bicyclic) bond motifs is 1. The van der Waals surface area contributed by atoms with Crippen molar-refractivity contribution in [3.05, 3.63) is 88.0 Å². The van der Waals surface area contributed by atoms with Crippen molar-refractivity contribution < 1.29 is 14.3 Å². The van der Waals surface area contributed by atoms with Gasteiger partial charge in [0.05, 0.1) is 18.3 Å². The number of hydrogen-bond donors (Lipinski definition) is 1. The van der Waals surface area contributed by atoms with Crippen LogP contribution in [0.1, 0.15) is 22.8 Å². The van der Waals surface area contributed by atoms with Gasteiger partial charge < -0.3 is 10.1 Å². The number of para-hydroxylation sites is 1. The molecule has 0 fully saturated rings. The highest BCUT2D eigenvalue weighted by molar-refractivity contribution is 6.35. The predicted molar refractivity (Wildman–Crippen MR) is 129 cm³/mol. The summed E-state index contributed by atoms with van der Waals surface area (Å²) in [5, 5.41) is 8.83. The number of pyridine rings is 1. The Morgan fingerprint density at radius 3 is 2.73 bits per heavy atom. The van der Waals surface area contributed by atoms with E-state index in [0.717, 1.165) is 10.9 Å². The molecule has 0 aliphatic heterocycles. The van der Waals surface area contributed by atoms with E-state index in [4.69, 9.17) is 27.9 Å². The second-order valence-electron chi connectivity index (χ2n) is 6.89. The van der Waals surface area contributed by atoms with Crippen molar-refractivity contribution in [1.82, 2.24) is 14.8 Å². The number of hydrogen-bond acceptors (Lipinski definition) is 5. The molecule has 0 aliphatic carbocycles. The standard InChI is InChI=1S/C24H18Cl2N4O3/c1-2-33-24(32)18-14-27-30(21-11-8-16-5-3-4-6-20(16)28-21)23(18)29-22(31)12-9-15-7-10-17(25)13-19(15)26/h3-14H,2H2,1H3,(H,29,31)/b12-9+. The van der Waals surface area contributed by atoms with E-state index < -0.39 is 11.9 Å². The van der Waals surface area contributed by atoms with Crippen molar-refractivity contribution >= 4 is 57.9 Å². The second-order valence-corrected chi connectivity index (χ2v) is 7.73. The Bertz CT molecular complexity index is 1380. The Morgan fingerprint density at radius 1 is 1.12 bits per heavy atom. The SMILES string of the molecule is CCOC(=O)c1cnn(-c2ccc3ccccc3n2)c1NC(=O)/C=C/c1ccc(Cl)cc1Cl. The molecule has 0 unspecified atom stereocenters. The molecule has 0 atom stereocenters. The third-order valence-corrected chi connectivity index (χ3v) is 5.25. The summed E-state index contributed by atoms with van der Waals surface area (Å²) in [6.45, 7) is 1.88. The number of nitrogens with one attached hydrogen (secondary N) is 1. The van der Waals surface area contributed by atoms with Crippen LogP contribution in [-0.4, -0.2) is 33.2 Å². The highest BCUT2D eigenvalue weighted by Gasteiger charge is 2.21. The van der Waals surface area contributed by atoms with E-state index in [1.807, 2.05) is 30.3 Å². The molecule has 4 aromatic rings. The van der Waals surface area contributed by atoms with Crippen LogP contribution >= 0.6 is 23.2 Å². The van der Waals surface area contributed by atoms with Crippen molar-refractivity contribution in [3.63, 3.8) is 0 Å². The minimum atomic E-state index is -0.607. The molecule has 0 spiro atoms. The van der Waals surface area contributed by atoms with Gasteiger partial charge in [0.2, 0.25) is 5.91 Å². The minimum absolute atomic E-state index is 0.109. The van der Waals surface area contributed by atoms with Crippen molar-refractivity contribution in [2.24, 2.45) is 0 Å². The average Bonchev–Trinajstić information content (AvgIpc) is 3.21. The molecule has 2 aromatic carbocycles. The fraction of sp³-hybridized carbons (Fsp3) is 0.0833. The molecule has 166 valence electrons. The monoisotopic (exact) mass is 480 g/mol. The number of halogens is 2. The average molecular weight is 481 g/mol. The lowest BCUT2D eigenvalue weighted by Gasteiger charge is -2.10. The van der Waals surface area contributed by atoms with Gasteiger partial charge in [-0.2, -0.15) is 9.78 Å². The molecule has 9 heteroatoms. The largest absolute Gasteiger partial charge is 0.462 e. The fourth-order valence-electron chi connectivity index (χ4n) is 3.13. The zero-order valence-corrected chi connectivity index (χ0v) is 19.0. The summed E-state index contributed by atoms with van der Waals surface area (Å²) in [5.74, 6) is -0.518. The van der Waals surface area contributed by atoms with Crippen molar-refractivity contribution in [3.8, 4) is 5.82 Å². The first-order valence-electron chi connectivity index (χ1n) is 10.0. The summed E-state index contributed by atoms with van der Waals surface area (Å²) >= 11 is 12.1. The number of aromatic nitrogens is 3. The number of benzene rings is 2. The number of rotatable bonds is 6. The van der Waals surface area contributed by atoms with Crippen LogP contribution in [0.3, 0.4) is 0 Å². The predicted octanol–water partition coefficient (Wildman–Crippen LogP) is 5.56. The van der Waals surface area contributed by atoms with Crippen molar-refractivity contribution in [1.29, 1.82) is 0 Å². The maximum absolute atomic E-state index is 12.7. The first-order chi connectivity index (χ1) is 16.0. The maximum atomic E-state index is 12.7. The summed E-state index contributed by atoms with van der Waals surface area (Å²) in [5.41, 5.74) is 1.47. The third-order valence-electron chi connectivity index (χ3n) is 4.68. The van der Waals surface area contributed by atoms with Crippen LogP contribution in [0.25, 0.3) is 22.8 Å². The molecule has 4 rings (SSSR count). The Labute approximate surface area is 199 Å². The lowest BCUT2D eigenvalue weighted by Crippen LogP contribution is -2.16. The second kappa shape index (κ2) is 9.85. The molecule has 0 bridgehead atoms. The van der Waals surface area contributed by atoms with Crippen molar-refractivity contribution in [2.45, 2.75) is 6.92 Å². The van der Waals surface area contributed by atoms with Gasteiger partial charge >= 0.3 is 5.97 Å². The van der Waals surface area contributed by atoms with E-state index in [9.17, 15) is 9.59 Å². The Morgan fingerprint density at radius 2 is 1.94 bits per heavy atom. The minimum Gasteiger partial charge on any atom is -0.462 e. The normalized spacial score (nSPS) is 11.1. The molecule has 2 heterocycles. The molecule has 7 nitrogen and oxygen atoms in total. The zero-order chi connectivity index (χ0) is 23.4. The number of esters is 1. The summed E-state index contributed by atoms with van der Waals surface area (Å²) in [4.78, 5) is 29.8. The first kappa shape index (κ1) is 22.5. The molecule has 2 aromatic heterocycles. The van der Waals surface area contributed by atoms with E-state index in [0.29, 0.717) is 21.4 Å².